The third-order valence-corrected chi connectivity index (χ3v) is 3.11. The van der Waals surface area contributed by atoms with Crippen LogP contribution in [-0.2, 0) is 7.05 Å². The van der Waals surface area contributed by atoms with Gasteiger partial charge in [0.05, 0.1) is 0 Å². The van der Waals surface area contributed by atoms with Gasteiger partial charge in [-0.05, 0) is 18.9 Å². The summed E-state index contributed by atoms with van der Waals surface area (Å²) in [6.45, 7) is 2.03. The molecule has 1 aromatic rings. The monoisotopic (exact) mass is 300 g/mol. The number of carbonyl (C=O) groups is 1. The lowest BCUT2D eigenvalue weighted by Crippen LogP contribution is -2.35. The lowest BCUT2D eigenvalue weighted by molar-refractivity contribution is 0.0935. The predicted molar refractivity (Wildman–Crippen MR) is 71.6 cm³/mol. The maximum atomic E-state index is 11.9. The van der Waals surface area contributed by atoms with Crippen molar-refractivity contribution in [3.05, 3.63) is 34.2 Å². The van der Waals surface area contributed by atoms with Crippen LogP contribution in [-0.4, -0.2) is 21.8 Å². The van der Waals surface area contributed by atoms with Crippen molar-refractivity contribution < 1.29 is 4.79 Å². The maximum Gasteiger partial charge on any atom is 0.251 e. The molecule has 1 rings (SSSR count). The lowest BCUT2D eigenvalue weighted by Gasteiger charge is -2.15. The molecule has 1 N–H and O–H groups in total. The van der Waals surface area contributed by atoms with Gasteiger partial charge in [-0.25, -0.2) is 0 Å². The van der Waals surface area contributed by atoms with E-state index in [4.69, 9.17) is 0 Å². The van der Waals surface area contributed by atoms with E-state index >= 15 is 0 Å². The third kappa shape index (κ3) is 4.00. The molecule has 1 heterocycles. The van der Waals surface area contributed by atoms with Gasteiger partial charge in [-0.15, -0.1) is 0 Å². The number of aromatic nitrogens is 1. The number of rotatable bonds is 5. The highest BCUT2D eigenvalue weighted by molar-refractivity contribution is 9.09. The first-order valence-electron chi connectivity index (χ1n) is 5.62. The fraction of sp³-hybridized carbons (Fsp3) is 0.500. The molecule has 5 heteroatoms. The molecule has 4 nitrogen and oxygen atoms in total. The Kier molecular flexibility index (Phi) is 5.41. The van der Waals surface area contributed by atoms with Crippen molar-refractivity contribution in [2.24, 2.45) is 7.05 Å². The van der Waals surface area contributed by atoms with Gasteiger partial charge in [0.15, 0.2) is 0 Å². The zero-order valence-electron chi connectivity index (χ0n) is 10.1. The number of hydrogen-bond donors (Lipinski definition) is 1. The Bertz CT molecular complexity index is 442. The van der Waals surface area contributed by atoms with Crippen LogP contribution >= 0.6 is 15.9 Å². The van der Waals surface area contributed by atoms with Crippen LogP contribution in [0.4, 0.5) is 0 Å². The Labute approximate surface area is 109 Å². The van der Waals surface area contributed by atoms with Crippen LogP contribution in [0, 0.1) is 0 Å². The Morgan fingerprint density at radius 1 is 1.59 bits per heavy atom. The van der Waals surface area contributed by atoms with Crippen LogP contribution < -0.4 is 10.9 Å². The van der Waals surface area contributed by atoms with E-state index in [1.54, 1.807) is 19.3 Å². The second-order valence-electron chi connectivity index (χ2n) is 3.92. The van der Waals surface area contributed by atoms with Crippen LogP contribution in [0.1, 0.15) is 30.1 Å². The van der Waals surface area contributed by atoms with E-state index in [-0.39, 0.29) is 17.5 Å². The minimum atomic E-state index is -0.185. The van der Waals surface area contributed by atoms with Crippen LogP contribution in [0.15, 0.2) is 23.1 Å². The molecule has 1 aromatic heterocycles. The lowest BCUT2D eigenvalue weighted by atomic mass is 10.1. The van der Waals surface area contributed by atoms with E-state index in [1.165, 1.54) is 10.6 Å². The molecule has 0 aromatic carbocycles. The summed E-state index contributed by atoms with van der Waals surface area (Å²) < 4.78 is 1.44. The number of carbonyl (C=O) groups excluding carboxylic acids is 1. The first-order valence-corrected chi connectivity index (χ1v) is 6.74. The van der Waals surface area contributed by atoms with Gasteiger partial charge in [0.25, 0.3) is 11.5 Å². The summed E-state index contributed by atoms with van der Waals surface area (Å²) in [5, 5.41) is 3.76. The molecule has 0 saturated heterocycles. The van der Waals surface area contributed by atoms with E-state index in [2.05, 4.69) is 21.2 Å². The smallest absolute Gasteiger partial charge is 0.251 e. The Morgan fingerprint density at radius 2 is 2.29 bits per heavy atom. The average Bonchev–Trinajstić information content (AvgIpc) is 2.31. The zero-order chi connectivity index (χ0) is 12.8. The standard InChI is InChI=1S/C12H17BrN2O2/c1-3-10(4-6-13)14-12(17)9-5-7-15(2)11(16)8-9/h5,7-8,10H,3-4,6H2,1-2H3,(H,14,17). The predicted octanol–water partition coefficient (Wildman–Crippen LogP) is 1.68. The first kappa shape index (κ1) is 14.0. The highest BCUT2D eigenvalue weighted by atomic mass is 79.9. The molecular weight excluding hydrogens is 284 g/mol. The number of alkyl halides is 1. The maximum absolute atomic E-state index is 11.9. The second kappa shape index (κ2) is 6.59. The molecular formula is C12H17BrN2O2. The van der Waals surface area contributed by atoms with Crippen molar-refractivity contribution in [1.82, 2.24) is 9.88 Å². The van der Waals surface area contributed by atoms with Crippen molar-refractivity contribution in [3.63, 3.8) is 0 Å². The van der Waals surface area contributed by atoms with Crippen molar-refractivity contribution >= 4 is 21.8 Å². The molecule has 17 heavy (non-hydrogen) atoms. The van der Waals surface area contributed by atoms with E-state index in [0.717, 1.165) is 18.2 Å². The molecule has 0 radical (unpaired) electrons. The van der Waals surface area contributed by atoms with Gasteiger partial charge in [-0.1, -0.05) is 22.9 Å². The highest BCUT2D eigenvalue weighted by Gasteiger charge is 2.12. The van der Waals surface area contributed by atoms with Crippen molar-refractivity contribution in [2.45, 2.75) is 25.8 Å². The summed E-state index contributed by atoms with van der Waals surface area (Å²) in [5.41, 5.74) is 0.243. The number of halogens is 1. The number of pyridine rings is 1. The molecule has 0 bridgehead atoms. The van der Waals surface area contributed by atoms with E-state index in [9.17, 15) is 9.59 Å². The summed E-state index contributed by atoms with van der Waals surface area (Å²) in [6.07, 6.45) is 3.36. The van der Waals surface area contributed by atoms with Crippen LogP contribution in [0.3, 0.4) is 0 Å². The molecule has 0 aliphatic heterocycles. The van der Waals surface area contributed by atoms with Crippen molar-refractivity contribution in [2.75, 3.05) is 5.33 Å². The number of amides is 1. The van der Waals surface area contributed by atoms with E-state index < -0.39 is 0 Å². The number of nitrogens with one attached hydrogen (secondary N) is 1. The summed E-state index contributed by atoms with van der Waals surface area (Å²) in [4.78, 5) is 23.3. The molecule has 0 spiro atoms. The third-order valence-electron chi connectivity index (χ3n) is 2.65. The average molecular weight is 301 g/mol. The zero-order valence-corrected chi connectivity index (χ0v) is 11.7. The van der Waals surface area contributed by atoms with Gasteiger partial charge < -0.3 is 9.88 Å². The fourth-order valence-electron chi connectivity index (χ4n) is 1.47. The van der Waals surface area contributed by atoms with Gasteiger partial charge >= 0.3 is 0 Å². The molecule has 0 aliphatic carbocycles. The Morgan fingerprint density at radius 3 is 2.82 bits per heavy atom. The summed E-state index contributed by atoms with van der Waals surface area (Å²) >= 11 is 3.35. The van der Waals surface area contributed by atoms with E-state index in [0.29, 0.717) is 5.56 Å². The van der Waals surface area contributed by atoms with Crippen LogP contribution in [0.2, 0.25) is 0 Å². The molecule has 94 valence electrons. The Hall–Kier alpha value is -1.10. The minimum absolute atomic E-state index is 0.144. The molecule has 1 unspecified atom stereocenters. The molecule has 1 atom stereocenters. The topological polar surface area (TPSA) is 51.1 Å². The quantitative estimate of drug-likeness (QED) is 0.841. The number of nitrogens with zero attached hydrogens (tertiary/aromatic N) is 1. The van der Waals surface area contributed by atoms with Gasteiger partial charge in [-0.3, -0.25) is 9.59 Å². The van der Waals surface area contributed by atoms with Gasteiger partial charge in [0, 0.05) is 36.2 Å². The summed E-state index contributed by atoms with van der Waals surface area (Å²) in [6, 6.07) is 3.15. The van der Waals surface area contributed by atoms with Crippen molar-refractivity contribution in [1.29, 1.82) is 0 Å². The number of hydrogen-bond acceptors (Lipinski definition) is 2. The van der Waals surface area contributed by atoms with Gasteiger partial charge in [-0.2, -0.15) is 0 Å². The molecule has 0 saturated carbocycles. The first-order chi connectivity index (χ1) is 8.08. The fourth-order valence-corrected chi connectivity index (χ4v) is 2.02. The normalized spacial score (nSPS) is 12.2. The Balaban J connectivity index is 2.75. The van der Waals surface area contributed by atoms with Crippen molar-refractivity contribution in [3.8, 4) is 0 Å². The largest absolute Gasteiger partial charge is 0.349 e. The van der Waals surface area contributed by atoms with Gasteiger partial charge in [0.1, 0.15) is 0 Å². The summed E-state index contributed by atoms with van der Waals surface area (Å²) in [7, 11) is 1.66. The molecule has 0 fully saturated rings. The van der Waals surface area contributed by atoms with Crippen LogP contribution in [0.25, 0.3) is 0 Å². The van der Waals surface area contributed by atoms with E-state index in [1.807, 2.05) is 6.92 Å². The number of aryl methyl sites for hydroxylation is 1. The highest BCUT2D eigenvalue weighted by Crippen LogP contribution is 2.03. The van der Waals surface area contributed by atoms with Crippen LogP contribution in [0.5, 0.6) is 0 Å². The minimum Gasteiger partial charge on any atom is -0.349 e. The molecule has 0 aliphatic rings. The second-order valence-corrected chi connectivity index (χ2v) is 4.71. The van der Waals surface area contributed by atoms with Gasteiger partial charge in [0.2, 0.25) is 0 Å². The SMILES string of the molecule is CCC(CCBr)NC(=O)c1ccn(C)c(=O)c1. The summed E-state index contributed by atoms with van der Waals surface area (Å²) in [5.74, 6) is -0.185. The molecule has 1 amide bonds.